The number of carbonyl (C=O) groups excluding carboxylic acids is 1. The minimum Gasteiger partial charge on any atom is -0.291 e. The fourth-order valence-corrected chi connectivity index (χ4v) is 0.791. The fourth-order valence-electron chi connectivity index (χ4n) is 0.791. The molecule has 0 saturated carbocycles. The van der Waals surface area contributed by atoms with Crippen LogP contribution < -0.4 is 0 Å². The summed E-state index contributed by atoms with van der Waals surface area (Å²) in [6, 6.07) is 0. The minimum absolute atomic E-state index is 0.106. The van der Waals surface area contributed by atoms with Crippen LogP contribution in [0.2, 0.25) is 0 Å². The van der Waals surface area contributed by atoms with Gasteiger partial charge in [-0.3, -0.25) is 4.79 Å². The van der Waals surface area contributed by atoms with Gasteiger partial charge in [0.15, 0.2) is 18.0 Å². The number of hydrogen-bond donors (Lipinski definition) is 0. The highest BCUT2D eigenvalue weighted by atomic mass is 16.1. The first kappa shape index (κ1) is 6.13. The van der Waals surface area contributed by atoms with Crippen LogP contribution in [0.25, 0.3) is 0 Å². The molecule has 1 aliphatic heterocycles. The Kier molecular flexibility index (Phi) is 1.42. The Labute approximate surface area is 53.7 Å². The maximum Gasteiger partial charge on any atom is 0.280 e. The Morgan fingerprint density at radius 1 is 1.89 bits per heavy atom. The average Bonchev–Trinajstić information content (AvgIpc) is 2.13. The zero-order valence-electron chi connectivity index (χ0n) is 5.59. The zero-order valence-corrected chi connectivity index (χ0v) is 5.59. The lowest BCUT2D eigenvalue weighted by Gasteiger charge is -1.87. The third kappa shape index (κ3) is 1.04. The average molecular weight is 125 g/mol. The molecule has 0 N–H and O–H groups in total. The van der Waals surface area contributed by atoms with Gasteiger partial charge in [-0.1, -0.05) is 4.99 Å². The highest BCUT2D eigenvalue weighted by Crippen LogP contribution is 1.87. The number of aliphatic imine (C=N–C) groups is 1. The monoisotopic (exact) mass is 125 g/mol. The standard InChI is InChI=1S/C6H9N2O/c1-5(9)6-3-7-4-8(6)2/h4H,3H2,1-2H3/q+1. The van der Waals surface area contributed by atoms with Gasteiger partial charge in [0.1, 0.15) is 0 Å². The first-order valence-electron chi connectivity index (χ1n) is 2.81. The Hall–Kier alpha value is -0.990. The van der Waals surface area contributed by atoms with E-state index >= 15 is 0 Å². The summed E-state index contributed by atoms with van der Waals surface area (Å²) < 4.78 is 1.75. The maximum atomic E-state index is 10.7. The van der Waals surface area contributed by atoms with E-state index in [0.29, 0.717) is 6.54 Å². The van der Waals surface area contributed by atoms with Gasteiger partial charge in [-0.15, -0.1) is 0 Å². The van der Waals surface area contributed by atoms with Crippen LogP contribution in [0.1, 0.15) is 6.92 Å². The molecule has 0 spiro atoms. The van der Waals surface area contributed by atoms with E-state index in [1.54, 1.807) is 17.8 Å². The van der Waals surface area contributed by atoms with Crippen LogP contribution in [0.4, 0.5) is 0 Å². The fraction of sp³-hybridized carbons (Fsp3) is 0.500. The Morgan fingerprint density at radius 3 is 2.78 bits per heavy atom. The second-order valence-electron chi connectivity index (χ2n) is 2.07. The van der Waals surface area contributed by atoms with Gasteiger partial charge in [-0.2, -0.15) is 0 Å². The summed E-state index contributed by atoms with van der Waals surface area (Å²) >= 11 is 0. The van der Waals surface area contributed by atoms with Crippen molar-refractivity contribution in [3.05, 3.63) is 0 Å². The summed E-state index contributed by atoms with van der Waals surface area (Å²) in [6.45, 7) is 2.10. The van der Waals surface area contributed by atoms with Crippen molar-refractivity contribution in [2.75, 3.05) is 13.6 Å². The third-order valence-electron chi connectivity index (χ3n) is 1.33. The Balaban J connectivity index is 2.85. The van der Waals surface area contributed by atoms with Gasteiger partial charge in [-0.25, -0.2) is 4.58 Å². The first-order chi connectivity index (χ1) is 4.22. The van der Waals surface area contributed by atoms with Gasteiger partial charge >= 0.3 is 0 Å². The van der Waals surface area contributed by atoms with Crippen molar-refractivity contribution in [2.24, 2.45) is 4.99 Å². The topological polar surface area (TPSA) is 32.4 Å². The molecule has 0 aromatic heterocycles. The molecule has 1 rings (SSSR count). The van der Waals surface area contributed by atoms with Gasteiger partial charge in [0.05, 0.1) is 7.05 Å². The lowest BCUT2D eigenvalue weighted by Crippen LogP contribution is -2.20. The van der Waals surface area contributed by atoms with Crippen LogP contribution in [0.15, 0.2) is 4.99 Å². The normalized spacial score (nSPS) is 17.1. The van der Waals surface area contributed by atoms with Crippen molar-refractivity contribution >= 4 is 17.8 Å². The van der Waals surface area contributed by atoms with E-state index in [1.165, 1.54) is 0 Å². The number of carbonyl (C=O) groups is 1. The third-order valence-corrected chi connectivity index (χ3v) is 1.33. The molecule has 48 valence electrons. The molecule has 9 heavy (non-hydrogen) atoms. The van der Waals surface area contributed by atoms with Crippen LogP contribution in [0.5, 0.6) is 0 Å². The molecule has 0 atom stereocenters. The van der Waals surface area contributed by atoms with Gasteiger partial charge in [0.2, 0.25) is 0 Å². The van der Waals surface area contributed by atoms with Crippen molar-refractivity contribution < 1.29 is 9.37 Å². The SMILES string of the molecule is CC(=O)C1=[N+](C)C=NC1. The van der Waals surface area contributed by atoms with Crippen LogP contribution in [-0.2, 0) is 4.79 Å². The molecule has 0 bridgehead atoms. The molecule has 0 aromatic carbocycles. The molecule has 0 radical (unpaired) electrons. The van der Waals surface area contributed by atoms with Crippen LogP contribution >= 0.6 is 0 Å². The molecule has 3 nitrogen and oxygen atoms in total. The first-order valence-corrected chi connectivity index (χ1v) is 2.81. The van der Waals surface area contributed by atoms with Crippen molar-refractivity contribution in [3.8, 4) is 0 Å². The van der Waals surface area contributed by atoms with Gasteiger partial charge < -0.3 is 0 Å². The van der Waals surface area contributed by atoms with Crippen LogP contribution in [-0.4, -0.2) is 36.0 Å². The largest absolute Gasteiger partial charge is 0.291 e. The van der Waals surface area contributed by atoms with Crippen molar-refractivity contribution in [1.29, 1.82) is 0 Å². The molecule has 1 heterocycles. The van der Waals surface area contributed by atoms with E-state index in [1.807, 2.05) is 7.05 Å². The van der Waals surface area contributed by atoms with E-state index in [0.717, 1.165) is 5.71 Å². The molecule has 0 amide bonds. The van der Waals surface area contributed by atoms with E-state index in [4.69, 9.17) is 0 Å². The number of nitrogens with zero attached hydrogens (tertiary/aromatic N) is 2. The van der Waals surface area contributed by atoms with Gasteiger partial charge in [0.25, 0.3) is 6.34 Å². The van der Waals surface area contributed by atoms with Crippen molar-refractivity contribution in [3.63, 3.8) is 0 Å². The van der Waals surface area contributed by atoms with E-state index in [9.17, 15) is 4.79 Å². The summed E-state index contributed by atoms with van der Waals surface area (Å²) in [5, 5.41) is 0. The summed E-state index contributed by atoms with van der Waals surface area (Å²) in [5.41, 5.74) is 0.773. The summed E-state index contributed by atoms with van der Waals surface area (Å²) in [6.07, 6.45) is 1.66. The zero-order chi connectivity index (χ0) is 6.85. The maximum absolute atomic E-state index is 10.7. The molecule has 3 heteroatoms. The van der Waals surface area contributed by atoms with Crippen molar-refractivity contribution in [1.82, 2.24) is 0 Å². The minimum atomic E-state index is 0.106. The Bertz CT molecular complexity index is 203. The molecule has 0 unspecified atom stereocenters. The van der Waals surface area contributed by atoms with Gasteiger partial charge in [0, 0.05) is 6.92 Å². The number of hydrogen-bond acceptors (Lipinski definition) is 2. The molecular weight excluding hydrogens is 116 g/mol. The summed E-state index contributed by atoms with van der Waals surface area (Å²) in [4.78, 5) is 14.6. The molecule has 0 fully saturated rings. The number of rotatable bonds is 1. The molecule has 1 aliphatic rings. The number of Topliss-reactive ketones (excluding diaryl/α,β-unsaturated/α-hetero) is 1. The Morgan fingerprint density at radius 2 is 2.56 bits per heavy atom. The molecule has 0 aliphatic carbocycles. The number of ketones is 1. The smallest absolute Gasteiger partial charge is 0.280 e. The lowest BCUT2D eigenvalue weighted by atomic mass is 10.3. The second-order valence-corrected chi connectivity index (χ2v) is 2.07. The predicted octanol–water partition coefficient (Wildman–Crippen LogP) is -0.299. The second kappa shape index (κ2) is 2.09. The predicted molar refractivity (Wildman–Crippen MR) is 35.2 cm³/mol. The highest BCUT2D eigenvalue weighted by Gasteiger charge is 2.18. The summed E-state index contributed by atoms with van der Waals surface area (Å²) in [5.74, 6) is 0.106. The highest BCUT2D eigenvalue weighted by molar-refractivity contribution is 6.38. The van der Waals surface area contributed by atoms with Crippen LogP contribution in [0.3, 0.4) is 0 Å². The van der Waals surface area contributed by atoms with E-state index in [-0.39, 0.29) is 5.78 Å². The van der Waals surface area contributed by atoms with Crippen LogP contribution in [0, 0.1) is 0 Å². The summed E-state index contributed by atoms with van der Waals surface area (Å²) in [7, 11) is 1.83. The molecular formula is C6H9N2O+. The molecule has 0 saturated heterocycles. The van der Waals surface area contributed by atoms with E-state index < -0.39 is 0 Å². The lowest BCUT2D eigenvalue weighted by molar-refractivity contribution is -0.355. The van der Waals surface area contributed by atoms with Gasteiger partial charge in [-0.05, 0) is 0 Å². The van der Waals surface area contributed by atoms with Crippen molar-refractivity contribution in [2.45, 2.75) is 6.92 Å². The van der Waals surface area contributed by atoms with E-state index in [2.05, 4.69) is 4.99 Å². The molecule has 0 aromatic rings. The quantitative estimate of drug-likeness (QED) is 0.443.